The van der Waals surface area contributed by atoms with Crippen LogP contribution in [0.15, 0.2) is 42.7 Å². The first-order valence-corrected chi connectivity index (χ1v) is 9.69. The predicted molar refractivity (Wildman–Crippen MR) is 108 cm³/mol. The molecule has 35 heavy (non-hydrogen) atoms. The maximum atomic E-state index is 13.2. The minimum absolute atomic E-state index is 0.00309. The van der Waals surface area contributed by atoms with Gasteiger partial charge in [-0.05, 0) is 37.3 Å². The van der Waals surface area contributed by atoms with Crippen molar-refractivity contribution in [2.45, 2.75) is 25.3 Å². The summed E-state index contributed by atoms with van der Waals surface area (Å²) in [5.41, 5.74) is -3.72. The van der Waals surface area contributed by atoms with Crippen LogP contribution in [0.1, 0.15) is 51.3 Å². The van der Waals surface area contributed by atoms with Gasteiger partial charge in [0.05, 0.1) is 40.2 Å². The second kappa shape index (κ2) is 9.10. The van der Waals surface area contributed by atoms with Gasteiger partial charge in [0.1, 0.15) is 12.1 Å². The van der Waals surface area contributed by atoms with Crippen LogP contribution >= 0.6 is 0 Å². The van der Waals surface area contributed by atoms with Gasteiger partial charge in [-0.3, -0.25) is 4.79 Å². The largest absolute Gasteiger partial charge is 0.416 e. The third-order valence-corrected chi connectivity index (χ3v) is 5.15. The number of aromatic nitrogens is 3. The Balaban J connectivity index is 2.06. The third kappa shape index (κ3) is 5.09. The average molecular weight is 492 g/mol. The van der Waals surface area contributed by atoms with Crippen LogP contribution in [0.25, 0.3) is 5.82 Å². The second-order valence-corrected chi connectivity index (χ2v) is 7.37. The maximum Gasteiger partial charge on any atom is 0.416 e. The number of pyridine rings is 1. The number of nitriles is 2. The zero-order chi connectivity index (χ0) is 26.1. The van der Waals surface area contributed by atoms with Gasteiger partial charge >= 0.3 is 12.4 Å². The highest BCUT2D eigenvalue weighted by Crippen LogP contribution is 2.37. The molecule has 0 aliphatic rings. The summed E-state index contributed by atoms with van der Waals surface area (Å²) in [4.78, 5) is 18.0. The Bertz CT molecular complexity index is 1310. The Morgan fingerprint density at radius 2 is 1.60 bits per heavy atom. The number of rotatable bonds is 4. The summed E-state index contributed by atoms with van der Waals surface area (Å²) in [5.74, 6) is -0.967. The van der Waals surface area contributed by atoms with Crippen molar-refractivity contribution in [3.8, 4) is 18.0 Å². The van der Waals surface area contributed by atoms with Crippen LogP contribution in [0.3, 0.4) is 0 Å². The van der Waals surface area contributed by atoms with Crippen molar-refractivity contribution in [1.29, 1.82) is 10.5 Å². The Labute approximate surface area is 194 Å². The Morgan fingerprint density at radius 3 is 2.06 bits per heavy atom. The highest BCUT2D eigenvalue weighted by Gasteiger charge is 2.38. The molecule has 0 radical (unpaired) electrons. The summed E-state index contributed by atoms with van der Waals surface area (Å²) < 4.78 is 80.4. The predicted octanol–water partition coefficient (Wildman–Crippen LogP) is 4.88. The van der Waals surface area contributed by atoms with Crippen LogP contribution < -0.4 is 0 Å². The minimum Gasteiger partial charge on any atom is -0.333 e. The molecule has 0 saturated carbocycles. The number of carbonyl (C=O) groups excluding carboxylic acids is 1. The van der Waals surface area contributed by atoms with Crippen molar-refractivity contribution in [3.63, 3.8) is 0 Å². The lowest BCUT2D eigenvalue weighted by molar-refractivity contribution is -0.143. The molecule has 3 aromatic rings. The van der Waals surface area contributed by atoms with Gasteiger partial charge in [0.2, 0.25) is 0 Å². The SMILES string of the molecule is CC(c1c(C#N)cnn1-c1ccc(C#N)cn1)N(C)C(=O)c1cc(C(F)(F)F)cc(C(F)(F)F)c1. The molecule has 1 atom stereocenters. The minimum atomic E-state index is -5.12. The van der Waals surface area contributed by atoms with Gasteiger partial charge in [0.25, 0.3) is 5.91 Å². The summed E-state index contributed by atoms with van der Waals surface area (Å²) >= 11 is 0. The number of halogens is 6. The van der Waals surface area contributed by atoms with Crippen molar-refractivity contribution >= 4 is 5.91 Å². The van der Waals surface area contributed by atoms with Crippen LogP contribution in [-0.2, 0) is 12.4 Å². The number of amides is 1. The molecular weight excluding hydrogens is 478 g/mol. The fourth-order valence-corrected chi connectivity index (χ4v) is 3.25. The average Bonchev–Trinajstić information content (AvgIpc) is 3.25. The molecule has 1 aromatic carbocycles. The van der Waals surface area contributed by atoms with Gasteiger partial charge in [-0.15, -0.1) is 0 Å². The standard InChI is InChI=1S/C22H14F6N6O/c1-12(19-15(9-30)11-32-34(19)18-4-3-13(8-29)10-31-18)33(2)20(35)14-5-16(21(23,24)25)7-17(6-14)22(26,27)28/h3-7,10-12H,1-2H3. The summed E-state index contributed by atoms with van der Waals surface area (Å²) in [5, 5.41) is 22.5. The van der Waals surface area contributed by atoms with Crippen LogP contribution in [0.4, 0.5) is 26.3 Å². The number of hydrogen-bond acceptors (Lipinski definition) is 5. The second-order valence-electron chi connectivity index (χ2n) is 7.37. The molecule has 0 N–H and O–H groups in total. The molecule has 3 rings (SSSR count). The number of benzene rings is 1. The lowest BCUT2D eigenvalue weighted by atomic mass is 10.0. The first kappa shape index (κ1) is 25.2. The molecule has 0 fully saturated rings. The van der Waals surface area contributed by atoms with Crippen molar-refractivity contribution in [1.82, 2.24) is 19.7 Å². The fraction of sp³-hybridized carbons (Fsp3) is 0.227. The normalized spacial score (nSPS) is 12.5. The highest BCUT2D eigenvalue weighted by atomic mass is 19.4. The summed E-state index contributed by atoms with van der Waals surface area (Å²) in [7, 11) is 1.17. The van der Waals surface area contributed by atoms with Crippen molar-refractivity contribution in [2.24, 2.45) is 0 Å². The number of nitrogens with zero attached hydrogens (tertiary/aromatic N) is 6. The Kier molecular flexibility index (Phi) is 6.56. The van der Waals surface area contributed by atoms with Gasteiger partial charge < -0.3 is 4.90 Å². The molecule has 0 aliphatic carbocycles. The molecule has 180 valence electrons. The smallest absolute Gasteiger partial charge is 0.333 e. The summed E-state index contributed by atoms with van der Waals surface area (Å²) in [6.45, 7) is 1.42. The molecule has 0 aliphatic heterocycles. The van der Waals surface area contributed by atoms with E-state index >= 15 is 0 Å². The zero-order valence-corrected chi connectivity index (χ0v) is 18.0. The van der Waals surface area contributed by atoms with Crippen LogP contribution in [0, 0.1) is 22.7 Å². The highest BCUT2D eigenvalue weighted by molar-refractivity contribution is 5.94. The number of hydrogen-bond donors (Lipinski definition) is 0. The molecule has 1 amide bonds. The quantitative estimate of drug-likeness (QED) is 0.484. The van der Waals surface area contributed by atoms with E-state index in [1.54, 1.807) is 0 Å². The third-order valence-electron chi connectivity index (χ3n) is 5.15. The number of alkyl halides is 6. The summed E-state index contributed by atoms with van der Waals surface area (Å²) in [6, 6.07) is 6.20. The van der Waals surface area contributed by atoms with E-state index in [0.29, 0.717) is 12.1 Å². The van der Waals surface area contributed by atoms with E-state index in [9.17, 15) is 36.4 Å². The molecular formula is C22H14F6N6O. The van der Waals surface area contributed by atoms with E-state index < -0.39 is 41.0 Å². The van der Waals surface area contributed by atoms with Crippen LogP contribution in [0.5, 0.6) is 0 Å². The van der Waals surface area contributed by atoms with Gasteiger partial charge in [-0.25, -0.2) is 9.67 Å². The van der Waals surface area contributed by atoms with Crippen molar-refractivity contribution < 1.29 is 31.1 Å². The molecule has 13 heteroatoms. The van der Waals surface area contributed by atoms with Gasteiger partial charge in [0.15, 0.2) is 5.82 Å². The van der Waals surface area contributed by atoms with E-state index in [2.05, 4.69) is 10.1 Å². The maximum absolute atomic E-state index is 13.2. The molecule has 0 bridgehead atoms. The van der Waals surface area contributed by atoms with E-state index in [-0.39, 0.29) is 28.7 Å². The summed E-state index contributed by atoms with van der Waals surface area (Å²) in [6.07, 6.45) is -7.81. The molecule has 2 aromatic heterocycles. The van der Waals surface area contributed by atoms with Gasteiger partial charge in [0, 0.05) is 18.8 Å². The van der Waals surface area contributed by atoms with E-state index in [1.807, 2.05) is 12.1 Å². The van der Waals surface area contributed by atoms with Crippen molar-refractivity contribution in [2.75, 3.05) is 7.05 Å². The Morgan fingerprint density at radius 1 is 1.00 bits per heavy atom. The molecule has 1 unspecified atom stereocenters. The molecule has 2 heterocycles. The molecule has 7 nitrogen and oxygen atoms in total. The van der Waals surface area contributed by atoms with Crippen molar-refractivity contribution in [3.05, 3.63) is 76.2 Å². The Hall–Kier alpha value is -4.39. The van der Waals surface area contributed by atoms with Crippen LogP contribution in [-0.4, -0.2) is 32.6 Å². The first-order chi connectivity index (χ1) is 16.3. The lowest BCUT2D eigenvalue weighted by Crippen LogP contribution is -2.32. The number of carbonyl (C=O) groups is 1. The van der Waals surface area contributed by atoms with Crippen LogP contribution in [0.2, 0.25) is 0 Å². The van der Waals surface area contributed by atoms with E-state index in [1.165, 1.54) is 43.2 Å². The van der Waals surface area contributed by atoms with E-state index in [0.717, 1.165) is 4.90 Å². The van der Waals surface area contributed by atoms with Gasteiger partial charge in [-0.2, -0.15) is 42.0 Å². The first-order valence-electron chi connectivity index (χ1n) is 9.69. The fourth-order valence-electron chi connectivity index (χ4n) is 3.25. The molecule has 0 saturated heterocycles. The van der Waals surface area contributed by atoms with E-state index in [4.69, 9.17) is 5.26 Å². The topological polar surface area (TPSA) is 98.6 Å². The molecule has 0 spiro atoms. The monoisotopic (exact) mass is 492 g/mol. The van der Waals surface area contributed by atoms with Gasteiger partial charge in [-0.1, -0.05) is 0 Å². The lowest BCUT2D eigenvalue weighted by Gasteiger charge is -2.26. The zero-order valence-electron chi connectivity index (χ0n) is 18.0.